The normalized spacial score (nSPS) is 21.5. The third kappa shape index (κ3) is 3.80. The standard InChI is InChI=1S/C16H26ClN3O/c1-11(2)20-10-12(17)8-13(20)15(21)19-9-14-16(3,4)6-5-7-18-14/h8,10-11,14,18H,5-7,9H2,1-4H3,(H,19,21). The molecule has 1 aromatic rings. The lowest BCUT2D eigenvalue weighted by Crippen LogP contribution is -2.52. The number of carbonyl (C=O) groups is 1. The molecule has 0 aliphatic carbocycles. The van der Waals surface area contributed by atoms with Crippen molar-refractivity contribution in [3.05, 3.63) is 23.0 Å². The van der Waals surface area contributed by atoms with Gasteiger partial charge in [0.25, 0.3) is 5.91 Å². The summed E-state index contributed by atoms with van der Waals surface area (Å²) in [7, 11) is 0. The molecule has 21 heavy (non-hydrogen) atoms. The maximum Gasteiger partial charge on any atom is 0.268 e. The van der Waals surface area contributed by atoms with Crippen molar-refractivity contribution in [1.29, 1.82) is 0 Å². The van der Waals surface area contributed by atoms with E-state index in [9.17, 15) is 4.79 Å². The number of piperidine rings is 1. The van der Waals surface area contributed by atoms with Crippen LogP contribution >= 0.6 is 11.6 Å². The Bertz CT molecular complexity index is 508. The van der Waals surface area contributed by atoms with Gasteiger partial charge in [0.1, 0.15) is 5.69 Å². The molecule has 1 unspecified atom stereocenters. The summed E-state index contributed by atoms with van der Waals surface area (Å²) in [6.07, 6.45) is 4.20. The maximum atomic E-state index is 12.4. The van der Waals surface area contributed by atoms with E-state index >= 15 is 0 Å². The van der Waals surface area contributed by atoms with Crippen LogP contribution in [0.15, 0.2) is 12.3 Å². The Kier molecular flexibility index (Phi) is 4.99. The average molecular weight is 312 g/mol. The first-order chi connectivity index (χ1) is 9.81. The number of carbonyl (C=O) groups excluding carboxylic acids is 1. The van der Waals surface area contributed by atoms with Crippen LogP contribution in [-0.4, -0.2) is 29.6 Å². The van der Waals surface area contributed by atoms with Gasteiger partial charge in [0.05, 0.1) is 5.02 Å². The minimum atomic E-state index is -0.0567. The zero-order valence-electron chi connectivity index (χ0n) is 13.4. The van der Waals surface area contributed by atoms with Crippen molar-refractivity contribution in [2.24, 2.45) is 5.41 Å². The van der Waals surface area contributed by atoms with E-state index in [2.05, 4.69) is 24.5 Å². The van der Waals surface area contributed by atoms with E-state index in [1.807, 2.05) is 24.6 Å². The van der Waals surface area contributed by atoms with Crippen molar-refractivity contribution in [1.82, 2.24) is 15.2 Å². The fourth-order valence-corrected chi connectivity index (χ4v) is 3.17. The zero-order valence-corrected chi connectivity index (χ0v) is 14.1. The van der Waals surface area contributed by atoms with Crippen molar-refractivity contribution in [3.8, 4) is 0 Å². The highest BCUT2D eigenvalue weighted by Crippen LogP contribution is 2.29. The number of aromatic nitrogens is 1. The van der Waals surface area contributed by atoms with E-state index < -0.39 is 0 Å². The van der Waals surface area contributed by atoms with Crippen LogP contribution in [0.3, 0.4) is 0 Å². The molecule has 5 heteroatoms. The van der Waals surface area contributed by atoms with Crippen LogP contribution in [0.4, 0.5) is 0 Å². The highest BCUT2D eigenvalue weighted by molar-refractivity contribution is 6.31. The molecule has 1 atom stereocenters. The fraction of sp³-hybridized carbons (Fsp3) is 0.688. The van der Waals surface area contributed by atoms with Gasteiger partial charge in [-0.1, -0.05) is 25.4 Å². The number of hydrogen-bond acceptors (Lipinski definition) is 2. The van der Waals surface area contributed by atoms with Crippen LogP contribution in [0, 0.1) is 5.41 Å². The van der Waals surface area contributed by atoms with Gasteiger partial charge >= 0.3 is 0 Å². The lowest BCUT2D eigenvalue weighted by Gasteiger charge is -2.39. The van der Waals surface area contributed by atoms with Gasteiger partial charge in [-0.3, -0.25) is 4.79 Å². The molecule has 0 saturated carbocycles. The monoisotopic (exact) mass is 311 g/mol. The summed E-state index contributed by atoms with van der Waals surface area (Å²) < 4.78 is 1.91. The average Bonchev–Trinajstić information content (AvgIpc) is 2.79. The Morgan fingerprint density at radius 3 is 2.90 bits per heavy atom. The third-order valence-electron chi connectivity index (χ3n) is 4.40. The van der Waals surface area contributed by atoms with Gasteiger partial charge in [0, 0.05) is 24.8 Å². The van der Waals surface area contributed by atoms with Crippen molar-refractivity contribution < 1.29 is 4.79 Å². The summed E-state index contributed by atoms with van der Waals surface area (Å²) >= 11 is 6.03. The SMILES string of the molecule is CC(C)n1cc(Cl)cc1C(=O)NCC1NCCCC1(C)C. The van der Waals surface area contributed by atoms with Gasteiger partial charge in [-0.25, -0.2) is 0 Å². The fourth-order valence-electron chi connectivity index (χ4n) is 2.96. The number of hydrogen-bond donors (Lipinski definition) is 2. The van der Waals surface area contributed by atoms with Crippen LogP contribution in [0.1, 0.15) is 57.1 Å². The Morgan fingerprint density at radius 2 is 2.29 bits per heavy atom. The molecule has 0 aromatic carbocycles. The molecule has 0 spiro atoms. The minimum Gasteiger partial charge on any atom is -0.349 e. The summed E-state index contributed by atoms with van der Waals surface area (Å²) in [5, 5.41) is 7.16. The number of nitrogens with one attached hydrogen (secondary N) is 2. The second kappa shape index (κ2) is 6.41. The third-order valence-corrected chi connectivity index (χ3v) is 4.61. The number of nitrogens with zero attached hydrogens (tertiary/aromatic N) is 1. The molecule has 1 aliphatic heterocycles. The Morgan fingerprint density at radius 1 is 1.57 bits per heavy atom. The number of rotatable bonds is 4. The molecule has 1 aromatic heterocycles. The maximum absolute atomic E-state index is 12.4. The van der Waals surface area contributed by atoms with Crippen LogP contribution in [0.2, 0.25) is 5.02 Å². The summed E-state index contributed by atoms with van der Waals surface area (Å²) in [6.45, 7) is 10.3. The number of halogens is 1. The first kappa shape index (κ1) is 16.4. The topological polar surface area (TPSA) is 46.1 Å². The quantitative estimate of drug-likeness (QED) is 0.896. The van der Waals surface area contributed by atoms with E-state index in [1.165, 1.54) is 12.8 Å². The summed E-state index contributed by atoms with van der Waals surface area (Å²) in [5.74, 6) is -0.0567. The van der Waals surface area contributed by atoms with Crippen LogP contribution < -0.4 is 10.6 Å². The minimum absolute atomic E-state index is 0.0567. The molecule has 0 radical (unpaired) electrons. The van der Waals surface area contributed by atoms with Gasteiger partial charge in [-0.05, 0) is 44.7 Å². The first-order valence-corrected chi connectivity index (χ1v) is 8.08. The van der Waals surface area contributed by atoms with Gasteiger partial charge in [0.15, 0.2) is 0 Å². The molecule has 2 rings (SSSR count). The molecule has 118 valence electrons. The molecule has 2 N–H and O–H groups in total. The molecule has 1 amide bonds. The van der Waals surface area contributed by atoms with E-state index in [4.69, 9.17) is 11.6 Å². The van der Waals surface area contributed by atoms with Gasteiger partial charge < -0.3 is 15.2 Å². The molecule has 1 fully saturated rings. The number of amides is 1. The highest BCUT2D eigenvalue weighted by Gasteiger charge is 2.32. The molecular formula is C16H26ClN3O. The molecule has 0 bridgehead atoms. The lowest BCUT2D eigenvalue weighted by molar-refractivity contribution is 0.0918. The molecule has 1 saturated heterocycles. The highest BCUT2D eigenvalue weighted by atomic mass is 35.5. The van der Waals surface area contributed by atoms with Crippen molar-refractivity contribution >= 4 is 17.5 Å². The smallest absolute Gasteiger partial charge is 0.268 e. The van der Waals surface area contributed by atoms with Crippen LogP contribution in [0.5, 0.6) is 0 Å². The predicted octanol–water partition coefficient (Wildman–Crippen LogP) is 3.23. The first-order valence-electron chi connectivity index (χ1n) is 7.70. The van der Waals surface area contributed by atoms with Crippen LogP contribution in [0.25, 0.3) is 0 Å². The zero-order chi connectivity index (χ0) is 15.6. The van der Waals surface area contributed by atoms with Crippen molar-refractivity contribution in [2.75, 3.05) is 13.1 Å². The van der Waals surface area contributed by atoms with Gasteiger partial charge in [0.2, 0.25) is 0 Å². The second-order valence-electron chi connectivity index (χ2n) is 6.85. The van der Waals surface area contributed by atoms with E-state index in [0.29, 0.717) is 23.3 Å². The summed E-state index contributed by atoms with van der Waals surface area (Å²) in [5.41, 5.74) is 0.840. The summed E-state index contributed by atoms with van der Waals surface area (Å²) in [4.78, 5) is 12.4. The molecule has 1 aliphatic rings. The Hall–Kier alpha value is -1.00. The van der Waals surface area contributed by atoms with E-state index in [0.717, 1.165) is 6.54 Å². The summed E-state index contributed by atoms with van der Waals surface area (Å²) in [6, 6.07) is 2.26. The van der Waals surface area contributed by atoms with Crippen LogP contribution in [-0.2, 0) is 0 Å². The van der Waals surface area contributed by atoms with E-state index in [-0.39, 0.29) is 17.4 Å². The Labute approximate surface area is 132 Å². The molecule has 2 heterocycles. The second-order valence-corrected chi connectivity index (χ2v) is 7.29. The van der Waals surface area contributed by atoms with Gasteiger partial charge in [-0.15, -0.1) is 0 Å². The molecular weight excluding hydrogens is 286 g/mol. The lowest BCUT2D eigenvalue weighted by atomic mass is 9.77. The van der Waals surface area contributed by atoms with Crippen molar-refractivity contribution in [3.63, 3.8) is 0 Å². The van der Waals surface area contributed by atoms with Gasteiger partial charge in [-0.2, -0.15) is 0 Å². The predicted molar refractivity (Wildman–Crippen MR) is 87.0 cm³/mol. The van der Waals surface area contributed by atoms with E-state index in [1.54, 1.807) is 6.07 Å². The molecule has 4 nitrogen and oxygen atoms in total. The van der Waals surface area contributed by atoms with Crippen molar-refractivity contribution in [2.45, 2.75) is 52.6 Å². The largest absolute Gasteiger partial charge is 0.349 e. The Balaban J connectivity index is 2.02.